The number of rotatable bonds is 5. The Morgan fingerprint density at radius 3 is 2.67 bits per heavy atom. The van der Waals surface area contributed by atoms with Gasteiger partial charge in [-0.1, -0.05) is 43.0 Å². The molecule has 1 N–H and O–H groups in total. The first kappa shape index (κ1) is 16.3. The second-order valence-corrected chi connectivity index (χ2v) is 6.63. The van der Waals surface area contributed by atoms with Gasteiger partial charge in [0.1, 0.15) is 6.61 Å². The highest BCUT2D eigenvalue weighted by molar-refractivity contribution is 8.00. The molecule has 2 aromatic rings. The Hall–Kier alpha value is -2.54. The van der Waals surface area contributed by atoms with E-state index in [-0.39, 0.29) is 6.61 Å². The van der Waals surface area contributed by atoms with Crippen LogP contribution in [0.15, 0.2) is 57.6 Å². The van der Waals surface area contributed by atoms with Gasteiger partial charge in [0.05, 0.1) is 10.6 Å². The second-order valence-electron chi connectivity index (χ2n) is 5.32. The van der Waals surface area contributed by atoms with Crippen molar-refractivity contribution in [2.75, 3.05) is 6.61 Å². The molecule has 0 spiro atoms. The number of carbonyl (C=O) groups is 1. The van der Waals surface area contributed by atoms with Crippen LogP contribution in [0.1, 0.15) is 12.8 Å². The van der Waals surface area contributed by atoms with Crippen molar-refractivity contribution in [2.45, 2.75) is 23.1 Å². The quantitative estimate of drug-likeness (QED) is 0.666. The molecule has 6 nitrogen and oxygen atoms in total. The number of ether oxygens (including phenoxy) is 1. The van der Waals surface area contributed by atoms with E-state index in [1.165, 1.54) is 17.8 Å². The summed E-state index contributed by atoms with van der Waals surface area (Å²) in [7, 11) is 0. The molecule has 1 aliphatic rings. The molecule has 24 heavy (non-hydrogen) atoms. The summed E-state index contributed by atoms with van der Waals surface area (Å²) in [6.07, 6.45) is 2.45. The Morgan fingerprint density at radius 1 is 1.33 bits per heavy atom. The van der Waals surface area contributed by atoms with Crippen LogP contribution < -0.4 is 11.2 Å². The first-order chi connectivity index (χ1) is 11.6. The van der Waals surface area contributed by atoms with E-state index in [0.29, 0.717) is 26.0 Å². The predicted octanol–water partition coefficient (Wildman–Crippen LogP) is 2.63. The number of hydrogen-bond acceptors (Lipinski definition) is 5. The van der Waals surface area contributed by atoms with Gasteiger partial charge in [-0.25, -0.2) is 9.59 Å². The van der Waals surface area contributed by atoms with Gasteiger partial charge in [-0.05, 0) is 18.4 Å². The summed E-state index contributed by atoms with van der Waals surface area (Å²) >= 11 is 1.46. The van der Waals surface area contributed by atoms with Crippen LogP contribution in [0.2, 0.25) is 0 Å². The molecule has 1 heterocycles. The summed E-state index contributed by atoms with van der Waals surface area (Å²) in [4.78, 5) is 39.7. The zero-order valence-corrected chi connectivity index (χ0v) is 13.7. The van der Waals surface area contributed by atoms with Gasteiger partial charge < -0.3 is 9.72 Å². The van der Waals surface area contributed by atoms with E-state index >= 15 is 0 Å². The Balaban J connectivity index is 2.15. The van der Waals surface area contributed by atoms with Crippen LogP contribution >= 0.6 is 11.8 Å². The lowest BCUT2D eigenvalue weighted by Gasteiger charge is -2.11. The third-order valence-corrected chi connectivity index (χ3v) is 4.79. The Bertz CT molecular complexity index is 882. The van der Waals surface area contributed by atoms with Gasteiger partial charge in [0.25, 0.3) is 5.56 Å². The lowest BCUT2D eigenvalue weighted by atomic mass is 10.1. The Labute approximate surface area is 142 Å². The molecule has 0 unspecified atom stereocenters. The molecule has 0 radical (unpaired) electrons. The van der Waals surface area contributed by atoms with Crippen molar-refractivity contribution in [3.8, 4) is 11.1 Å². The van der Waals surface area contributed by atoms with Gasteiger partial charge in [-0.15, -0.1) is 11.8 Å². The van der Waals surface area contributed by atoms with Crippen LogP contribution in [-0.4, -0.2) is 27.5 Å². The highest BCUT2D eigenvalue weighted by Gasteiger charge is 2.27. The summed E-state index contributed by atoms with van der Waals surface area (Å²) in [5, 5.41) is 0.887. The zero-order valence-electron chi connectivity index (χ0n) is 12.9. The van der Waals surface area contributed by atoms with Crippen molar-refractivity contribution >= 4 is 17.9 Å². The fourth-order valence-corrected chi connectivity index (χ4v) is 3.35. The molecule has 1 aromatic carbocycles. The van der Waals surface area contributed by atoms with Crippen LogP contribution in [0.4, 0.5) is 4.79 Å². The van der Waals surface area contributed by atoms with Crippen LogP contribution in [0, 0.1) is 0 Å². The minimum Gasteiger partial charge on any atom is -0.445 e. The van der Waals surface area contributed by atoms with Crippen molar-refractivity contribution in [1.82, 2.24) is 9.55 Å². The predicted molar refractivity (Wildman–Crippen MR) is 92.6 cm³/mol. The lowest BCUT2D eigenvalue weighted by Crippen LogP contribution is -2.41. The van der Waals surface area contributed by atoms with Gasteiger partial charge in [0.2, 0.25) is 0 Å². The van der Waals surface area contributed by atoms with Crippen LogP contribution in [0.5, 0.6) is 0 Å². The molecule has 3 rings (SSSR count). The lowest BCUT2D eigenvalue weighted by molar-refractivity contribution is 0.157. The maximum absolute atomic E-state index is 12.8. The average Bonchev–Trinajstić information content (AvgIpc) is 3.37. The molecule has 0 amide bonds. The summed E-state index contributed by atoms with van der Waals surface area (Å²) in [5.41, 5.74) is -0.520. The summed E-state index contributed by atoms with van der Waals surface area (Å²) in [5.74, 6) is 0. The maximum atomic E-state index is 12.8. The fourth-order valence-electron chi connectivity index (χ4n) is 2.18. The molecule has 1 saturated carbocycles. The van der Waals surface area contributed by atoms with E-state index in [4.69, 9.17) is 4.74 Å². The van der Waals surface area contributed by atoms with Crippen molar-refractivity contribution in [3.05, 3.63) is 63.8 Å². The molecular formula is C17H16N2O4S. The van der Waals surface area contributed by atoms with Gasteiger partial charge in [0.15, 0.2) is 0 Å². The smallest absolute Gasteiger partial charge is 0.425 e. The van der Waals surface area contributed by atoms with E-state index < -0.39 is 17.3 Å². The second kappa shape index (κ2) is 6.92. The van der Waals surface area contributed by atoms with E-state index in [1.54, 1.807) is 24.3 Å². The number of nitrogens with one attached hydrogen (secondary N) is 1. The maximum Gasteiger partial charge on any atom is 0.425 e. The summed E-state index contributed by atoms with van der Waals surface area (Å²) in [6, 6.07) is 8.97. The number of nitrogens with zero attached hydrogens (tertiary/aromatic N) is 1. The number of aromatic amines is 1. The SMILES string of the molecule is C=CCOC(=O)n1c(=O)[nH]c(SC2CC2)c(-c2ccccc2)c1=O. The third kappa shape index (κ3) is 3.35. The molecule has 1 aliphatic carbocycles. The third-order valence-electron chi connectivity index (χ3n) is 3.45. The average molecular weight is 344 g/mol. The van der Waals surface area contributed by atoms with Gasteiger partial charge >= 0.3 is 11.8 Å². The molecule has 1 aromatic heterocycles. The highest BCUT2D eigenvalue weighted by Crippen LogP contribution is 2.40. The Kier molecular flexibility index (Phi) is 4.71. The fraction of sp³-hybridized carbons (Fsp3) is 0.235. The minimum atomic E-state index is -1.01. The Morgan fingerprint density at radius 2 is 2.04 bits per heavy atom. The largest absolute Gasteiger partial charge is 0.445 e. The summed E-state index contributed by atoms with van der Waals surface area (Å²) < 4.78 is 5.33. The van der Waals surface area contributed by atoms with Crippen LogP contribution in [-0.2, 0) is 4.74 Å². The molecule has 124 valence electrons. The van der Waals surface area contributed by atoms with E-state index in [1.807, 2.05) is 6.07 Å². The van der Waals surface area contributed by atoms with E-state index in [0.717, 1.165) is 12.8 Å². The van der Waals surface area contributed by atoms with Gasteiger partial charge in [-0.2, -0.15) is 4.57 Å². The molecule has 0 atom stereocenters. The summed E-state index contributed by atoms with van der Waals surface area (Å²) in [6.45, 7) is 3.36. The first-order valence-corrected chi connectivity index (χ1v) is 8.39. The van der Waals surface area contributed by atoms with Crippen molar-refractivity contribution in [3.63, 3.8) is 0 Å². The number of carbonyl (C=O) groups excluding carboxylic acids is 1. The number of benzene rings is 1. The number of hydrogen-bond donors (Lipinski definition) is 1. The molecule has 0 saturated heterocycles. The molecule has 7 heteroatoms. The highest BCUT2D eigenvalue weighted by atomic mass is 32.2. The van der Waals surface area contributed by atoms with Crippen LogP contribution in [0.3, 0.4) is 0 Å². The van der Waals surface area contributed by atoms with Crippen molar-refractivity contribution in [1.29, 1.82) is 0 Å². The minimum absolute atomic E-state index is 0.0794. The van der Waals surface area contributed by atoms with Crippen molar-refractivity contribution in [2.24, 2.45) is 0 Å². The monoisotopic (exact) mass is 344 g/mol. The van der Waals surface area contributed by atoms with Crippen LogP contribution in [0.25, 0.3) is 11.1 Å². The normalized spacial score (nSPS) is 13.5. The standard InChI is InChI=1S/C17H16N2O4S/c1-2-10-23-17(22)19-15(20)13(11-6-4-3-5-7-11)14(18-16(19)21)24-12-8-9-12/h2-7,12H,1,8-10H2,(H,18,21). The first-order valence-electron chi connectivity index (χ1n) is 7.51. The van der Waals surface area contributed by atoms with Gasteiger partial charge in [-0.3, -0.25) is 4.79 Å². The molecule has 0 bridgehead atoms. The molecule has 0 aliphatic heterocycles. The van der Waals surface area contributed by atoms with E-state index in [9.17, 15) is 14.4 Å². The van der Waals surface area contributed by atoms with E-state index in [2.05, 4.69) is 11.6 Å². The number of H-pyrrole nitrogens is 1. The number of aromatic nitrogens is 2. The topological polar surface area (TPSA) is 81.2 Å². The van der Waals surface area contributed by atoms with Gasteiger partial charge in [0, 0.05) is 5.25 Å². The zero-order chi connectivity index (χ0) is 17.1. The molecular weight excluding hydrogens is 328 g/mol. The molecule has 1 fully saturated rings. The number of thioether (sulfide) groups is 1. The van der Waals surface area contributed by atoms with Crippen molar-refractivity contribution < 1.29 is 9.53 Å².